The number of likely N-dealkylation sites (tertiary alicyclic amines) is 1. The molecule has 1 amide bonds. The Bertz CT molecular complexity index is 676. The van der Waals surface area contributed by atoms with Crippen LogP contribution in [0.5, 0.6) is 5.75 Å². The summed E-state index contributed by atoms with van der Waals surface area (Å²) in [5.41, 5.74) is 8.24. The predicted molar refractivity (Wildman–Crippen MR) is 103 cm³/mol. The highest BCUT2D eigenvalue weighted by molar-refractivity contribution is 5.85. The van der Waals surface area contributed by atoms with Crippen molar-refractivity contribution in [3.63, 3.8) is 0 Å². The first-order chi connectivity index (χ1) is 11.6. The number of amides is 1. The smallest absolute Gasteiger partial charge is 0.263 e. The van der Waals surface area contributed by atoms with Gasteiger partial charge in [-0.15, -0.1) is 12.4 Å². The highest BCUT2D eigenvalue weighted by Gasteiger charge is 2.26. The molecule has 0 bridgehead atoms. The van der Waals surface area contributed by atoms with Crippen LogP contribution in [-0.4, -0.2) is 36.0 Å². The van der Waals surface area contributed by atoms with Crippen LogP contribution in [0.1, 0.15) is 19.8 Å². The minimum absolute atomic E-state index is 0. The molecule has 2 atom stereocenters. The van der Waals surface area contributed by atoms with Gasteiger partial charge in [-0.1, -0.05) is 42.5 Å². The zero-order valence-electron chi connectivity index (χ0n) is 14.4. The van der Waals surface area contributed by atoms with Crippen LogP contribution >= 0.6 is 12.4 Å². The molecule has 2 aromatic rings. The van der Waals surface area contributed by atoms with E-state index < -0.39 is 6.10 Å². The molecule has 0 radical (unpaired) electrons. The molecule has 1 aliphatic rings. The Morgan fingerprint density at radius 3 is 2.40 bits per heavy atom. The van der Waals surface area contributed by atoms with Crippen molar-refractivity contribution in [3.05, 3.63) is 54.6 Å². The molecule has 0 saturated carbocycles. The topological polar surface area (TPSA) is 55.6 Å². The summed E-state index contributed by atoms with van der Waals surface area (Å²) >= 11 is 0. The van der Waals surface area contributed by atoms with Crippen LogP contribution in [0.15, 0.2) is 54.6 Å². The quantitative estimate of drug-likeness (QED) is 0.908. The molecule has 1 heterocycles. The average molecular weight is 361 g/mol. The van der Waals surface area contributed by atoms with Gasteiger partial charge >= 0.3 is 0 Å². The van der Waals surface area contributed by atoms with E-state index in [2.05, 4.69) is 12.1 Å². The Labute approximate surface area is 155 Å². The lowest BCUT2D eigenvalue weighted by atomic mass is 10.1. The van der Waals surface area contributed by atoms with Crippen LogP contribution in [-0.2, 0) is 4.79 Å². The number of nitrogens with two attached hydrogens (primary N) is 1. The maximum absolute atomic E-state index is 12.5. The summed E-state index contributed by atoms with van der Waals surface area (Å²) in [7, 11) is 0. The Hall–Kier alpha value is -2.04. The fraction of sp³-hybridized carbons (Fsp3) is 0.350. The molecule has 0 aromatic heterocycles. The van der Waals surface area contributed by atoms with Gasteiger partial charge in [-0.3, -0.25) is 4.79 Å². The molecule has 0 aliphatic carbocycles. The number of piperidine rings is 1. The molecule has 2 unspecified atom stereocenters. The number of ether oxygens (including phenoxy) is 1. The summed E-state index contributed by atoms with van der Waals surface area (Å²) in [6, 6.07) is 18.1. The second-order valence-corrected chi connectivity index (χ2v) is 6.34. The van der Waals surface area contributed by atoms with Gasteiger partial charge < -0.3 is 15.4 Å². The van der Waals surface area contributed by atoms with Gasteiger partial charge in [-0.2, -0.15) is 0 Å². The number of carbonyl (C=O) groups is 1. The van der Waals surface area contributed by atoms with Crippen molar-refractivity contribution >= 4 is 18.3 Å². The zero-order valence-corrected chi connectivity index (χ0v) is 15.2. The first-order valence-corrected chi connectivity index (χ1v) is 8.50. The van der Waals surface area contributed by atoms with Crippen molar-refractivity contribution in [3.8, 4) is 16.9 Å². The molecule has 1 fully saturated rings. The summed E-state index contributed by atoms with van der Waals surface area (Å²) in [5, 5.41) is 0. The third kappa shape index (κ3) is 4.97. The summed E-state index contributed by atoms with van der Waals surface area (Å²) in [4.78, 5) is 14.3. The van der Waals surface area contributed by atoms with Crippen molar-refractivity contribution in [2.45, 2.75) is 31.9 Å². The number of hydrogen-bond donors (Lipinski definition) is 1. The van der Waals surface area contributed by atoms with Gasteiger partial charge in [0.25, 0.3) is 5.91 Å². The monoisotopic (exact) mass is 360 g/mol. The lowest BCUT2D eigenvalue weighted by molar-refractivity contribution is -0.139. The summed E-state index contributed by atoms with van der Waals surface area (Å²) in [6.07, 6.45) is 1.45. The lowest BCUT2D eigenvalue weighted by Crippen LogP contribution is -2.49. The largest absolute Gasteiger partial charge is 0.481 e. The van der Waals surface area contributed by atoms with Crippen molar-refractivity contribution in [1.29, 1.82) is 0 Å². The highest BCUT2D eigenvalue weighted by atomic mass is 35.5. The third-order valence-electron chi connectivity index (χ3n) is 4.39. The van der Waals surface area contributed by atoms with Gasteiger partial charge in [0.05, 0.1) is 0 Å². The SMILES string of the molecule is CC(Oc1ccc(-c2ccccc2)cc1)C(=O)N1CCCC(N)C1.Cl. The Morgan fingerprint density at radius 2 is 1.76 bits per heavy atom. The van der Waals surface area contributed by atoms with Crippen molar-refractivity contribution < 1.29 is 9.53 Å². The molecule has 4 nitrogen and oxygen atoms in total. The maximum Gasteiger partial charge on any atom is 0.263 e. The number of halogens is 1. The minimum atomic E-state index is -0.502. The van der Waals surface area contributed by atoms with Gasteiger partial charge in [-0.25, -0.2) is 0 Å². The van der Waals surface area contributed by atoms with Crippen LogP contribution < -0.4 is 10.5 Å². The van der Waals surface area contributed by atoms with E-state index in [0.29, 0.717) is 12.3 Å². The van der Waals surface area contributed by atoms with Crippen molar-refractivity contribution in [2.75, 3.05) is 13.1 Å². The second kappa shape index (κ2) is 8.88. The first kappa shape index (κ1) is 19.3. The molecule has 1 aliphatic heterocycles. The van der Waals surface area contributed by atoms with E-state index in [4.69, 9.17) is 10.5 Å². The van der Waals surface area contributed by atoms with E-state index >= 15 is 0 Å². The molecule has 1 saturated heterocycles. The van der Waals surface area contributed by atoms with Crippen LogP contribution in [0.4, 0.5) is 0 Å². The van der Waals surface area contributed by atoms with Gasteiger partial charge in [0.1, 0.15) is 5.75 Å². The van der Waals surface area contributed by atoms with Crippen LogP contribution in [0.2, 0.25) is 0 Å². The van der Waals surface area contributed by atoms with E-state index in [-0.39, 0.29) is 24.4 Å². The molecule has 134 valence electrons. The highest BCUT2D eigenvalue weighted by Crippen LogP contribution is 2.23. The molecular weight excluding hydrogens is 336 g/mol. The average Bonchev–Trinajstić information content (AvgIpc) is 2.62. The Balaban J connectivity index is 0.00000225. The molecule has 3 rings (SSSR count). The number of benzene rings is 2. The second-order valence-electron chi connectivity index (χ2n) is 6.34. The van der Waals surface area contributed by atoms with Crippen molar-refractivity contribution in [1.82, 2.24) is 4.90 Å². The van der Waals surface area contributed by atoms with Gasteiger partial charge in [0.2, 0.25) is 0 Å². The standard InChI is InChI=1S/C20H24N2O2.ClH/c1-15(20(23)22-13-5-8-18(21)14-22)24-19-11-9-17(10-12-19)16-6-3-2-4-7-16;/h2-4,6-7,9-12,15,18H,5,8,13-14,21H2,1H3;1H. The minimum Gasteiger partial charge on any atom is -0.481 e. The maximum atomic E-state index is 12.5. The van der Waals surface area contributed by atoms with Gasteiger partial charge in [-0.05, 0) is 43.0 Å². The Morgan fingerprint density at radius 1 is 1.12 bits per heavy atom. The van der Waals surface area contributed by atoms with E-state index in [1.807, 2.05) is 47.4 Å². The molecular formula is C20H25ClN2O2. The van der Waals surface area contributed by atoms with E-state index in [9.17, 15) is 4.79 Å². The number of rotatable bonds is 4. The normalized spacial score (nSPS) is 18.2. The lowest BCUT2D eigenvalue weighted by Gasteiger charge is -2.32. The molecule has 0 spiro atoms. The Kier molecular flexibility index (Phi) is 6.85. The van der Waals surface area contributed by atoms with Crippen LogP contribution in [0, 0.1) is 0 Å². The van der Waals surface area contributed by atoms with Gasteiger partial charge in [0, 0.05) is 19.1 Å². The summed E-state index contributed by atoms with van der Waals surface area (Å²) in [6.45, 7) is 3.19. The van der Waals surface area contributed by atoms with Gasteiger partial charge in [0.15, 0.2) is 6.10 Å². The van der Waals surface area contributed by atoms with Crippen LogP contribution in [0.25, 0.3) is 11.1 Å². The summed E-state index contributed by atoms with van der Waals surface area (Å²) in [5.74, 6) is 0.717. The van der Waals surface area contributed by atoms with E-state index in [1.54, 1.807) is 6.92 Å². The number of nitrogens with zero attached hydrogens (tertiary/aromatic N) is 1. The van der Waals surface area contributed by atoms with E-state index in [0.717, 1.165) is 30.5 Å². The summed E-state index contributed by atoms with van der Waals surface area (Å²) < 4.78 is 5.82. The number of carbonyl (C=O) groups excluding carboxylic acids is 1. The zero-order chi connectivity index (χ0) is 16.9. The predicted octanol–water partition coefficient (Wildman–Crippen LogP) is 3.49. The molecule has 25 heavy (non-hydrogen) atoms. The van der Waals surface area contributed by atoms with E-state index in [1.165, 1.54) is 0 Å². The van der Waals surface area contributed by atoms with Crippen LogP contribution in [0.3, 0.4) is 0 Å². The molecule has 5 heteroatoms. The fourth-order valence-corrected chi connectivity index (χ4v) is 3.08. The third-order valence-corrected chi connectivity index (χ3v) is 4.39. The fourth-order valence-electron chi connectivity index (χ4n) is 3.08. The number of hydrogen-bond acceptors (Lipinski definition) is 3. The first-order valence-electron chi connectivity index (χ1n) is 8.50. The molecule has 2 N–H and O–H groups in total. The van der Waals surface area contributed by atoms with Crippen molar-refractivity contribution in [2.24, 2.45) is 5.73 Å². The molecule has 2 aromatic carbocycles.